The van der Waals surface area contributed by atoms with Crippen molar-refractivity contribution >= 4 is 5.91 Å². The van der Waals surface area contributed by atoms with Gasteiger partial charge in [0.05, 0.1) is 6.10 Å². The number of amides is 1. The summed E-state index contributed by atoms with van der Waals surface area (Å²) in [5, 5.41) is 12.8. The van der Waals surface area contributed by atoms with Gasteiger partial charge in [0, 0.05) is 12.1 Å². The van der Waals surface area contributed by atoms with E-state index in [1.807, 2.05) is 55.5 Å². The number of carbonyl (C=O) groups is 1. The first-order chi connectivity index (χ1) is 9.68. The fraction of sp³-hybridized carbons (Fsp3) is 0.235. The van der Waals surface area contributed by atoms with E-state index < -0.39 is 6.10 Å². The average molecular weight is 269 g/mol. The number of aliphatic hydroxyl groups excluding tert-OH is 1. The summed E-state index contributed by atoms with van der Waals surface area (Å²) in [5.74, 6) is -0.0941. The van der Waals surface area contributed by atoms with Crippen LogP contribution in [-0.2, 0) is 0 Å². The highest BCUT2D eigenvalue weighted by Crippen LogP contribution is 2.15. The molecule has 1 unspecified atom stereocenters. The fourth-order valence-electron chi connectivity index (χ4n) is 2.09. The molecule has 20 heavy (non-hydrogen) atoms. The highest BCUT2D eigenvalue weighted by atomic mass is 16.3. The van der Waals surface area contributed by atoms with E-state index in [0.29, 0.717) is 18.5 Å². The van der Waals surface area contributed by atoms with Crippen molar-refractivity contribution in [3.63, 3.8) is 0 Å². The summed E-state index contributed by atoms with van der Waals surface area (Å²) in [6.07, 6.45) is -0.0462. The predicted molar refractivity (Wildman–Crippen MR) is 79.5 cm³/mol. The topological polar surface area (TPSA) is 49.3 Å². The molecule has 1 amide bonds. The van der Waals surface area contributed by atoms with Gasteiger partial charge in [-0.15, -0.1) is 0 Å². The molecular weight excluding hydrogens is 250 g/mol. The molecule has 2 rings (SSSR count). The van der Waals surface area contributed by atoms with Crippen LogP contribution in [0.5, 0.6) is 0 Å². The molecule has 0 aliphatic rings. The van der Waals surface area contributed by atoms with Crippen molar-refractivity contribution in [2.75, 3.05) is 6.54 Å². The van der Waals surface area contributed by atoms with E-state index in [1.165, 1.54) is 0 Å². The summed E-state index contributed by atoms with van der Waals surface area (Å²) in [4.78, 5) is 12.0. The van der Waals surface area contributed by atoms with E-state index in [4.69, 9.17) is 0 Å². The van der Waals surface area contributed by atoms with Crippen molar-refractivity contribution in [3.05, 3.63) is 71.3 Å². The zero-order valence-electron chi connectivity index (χ0n) is 11.5. The van der Waals surface area contributed by atoms with Crippen LogP contribution in [0.15, 0.2) is 54.6 Å². The molecule has 0 bridgehead atoms. The highest BCUT2D eigenvalue weighted by Gasteiger charge is 2.10. The first kappa shape index (κ1) is 14.3. The number of aryl methyl sites for hydroxylation is 1. The van der Waals surface area contributed by atoms with Crippen molar-refractivity contribution in [3.8, 4) is 0 Å². The Labute approximate surface area is 119 Å². The van der Waals surface area contributed by atoms with Gasteiger partial charge in [-0.2, -0.15) is 0 Å². The third kappa shape index (κ3) is 3.68. The Morgan fingerprint density at radius 1 is 1.10 bits per heavy atom. The van der Waals surface area contributed by atoms with Gasteiger partial charge in [-0.25, -0.2) is 0 Å². The second kappa shape index (κ2) is 6.87. The molecule has 2 N–H and O–H groups in total. The molecule has 3 nitrogen and oxygen atoms in total. The van der Waals surface area contributed by atoms with Gasteiger partial charge in [-0.05, 0) is 30.5 Å². The Balaban J connectivity index is 1.84. The number of benzene rings is 2. The minimum Gasteiger partial charge on any atom is -0.388 e. The van der Waals surface area contributed by atoms with Gasteiger partial charge in [-0.1, -0.05) is 48.5 Å². The fourth-order valence-corrected chi connectivity index (χ4v) is 2.09. The molecule has 0 saturated heterocycles. The molecular formula is C17H19NO2. The van der Waals surface area contributed by atoms with Gasteiger partial charge in [0.2, 0.25) is 0 Å². The first-order valence-corrected chi connectivity index (χ1v) is 6.75. The molecule has 2 aromatic carbocycles. The van der Waals surface area contributed by atoms with Gasteiger partial charge in [0.1, 0.15) is 0 Å². The van der Waals surface area contributed by atoms with E-state index in [1.54, 1.807) is 6.07 Å². The summed E-state index contributed by atoms with van der Waals surface area (Å²) in [5.41, 5.74) is 2.51. The van der Waals surface area contributed by atoms with Gasteiger partial charge in [0.15, 0.2) is 0 Å². The van der Waals surface area contributed by atoms with Crippen LogP contribution in [0.25, 0.3) is 0 Å². The third-order valence-electron chi connectivity index (χ3n) is 3.28. The van der Waals surface area contributed by atoms with Gasteiger partial charge >= 0.3 is 0 Å². The van der Waals surface area contributed by atoms with Crippen LogP contribution in [0.3, 0.4) is 0 Å². The maximum Gasteiger partial charge on any atom is 0.251 e. The standard InChI is InChI=1S/C17H19NO2/c1-13-7-5-6-10-15(13)17(20)18-12-11-16(19)14-8-3-2-4-9-14/h2-10,16,19H,11-12H2,1H3,(H,18,20). The molecule has 0 aliphatic carbocycles. The van der Waals surface area contributed by atoms with Gasteiger partial charge in [0.25, 0.3) is 5.91 Å². The van der Waals surface area contributed by atoms with Crippen LogP contribution in [0.2, 0.25) is 0 Å². The second-order valence-electron chi connectivity index (χ2n) is 4.79. The second-order valence-corrected chi connectivity index (χ2v) is 4.79. The summed E-state index contributed by atoms with van der Waals surface area (Å²) < 4.78 is 0. The van der Waals surface area contributed by atoms with Crippen LogP contribution in [0, 0.1) is 6.92 Å². The molecule has 0 spiro atoms. The lowest BCUT2D eigenvalue weighted by Gasteiger charge is -2.12. The van der Waals surface area contributed by atoms with Crippen LogP contribution in [-0.4, -0.2) is 17.6 Å². The number of aliphatic hydroxyl groups is 1. The minimum atomic E-state index is -0.548. The molecule has 1 atom stereocenters. The summed E-state index contributed by atoms with van der Waals surface area (Å²) in [6, 6.07) is 16.9. The lowest BCUT2D eigenvalue weighted by Crippen LogP contribution is -2.26. The van der Waals surface area contributed by atoms with E-state index in [2.05, 4.69) is 5.32 Å². The molecule has 0 aliphatic heterocycles. The number of carbonyl (C=O) groups excluding carboxylic acids is 1. The quantitative estimate of drug-likeness (QED) is 0.877. The SMILES string of the molecule is Cc1ccccc1C(=O)NCCC(O)c1ccccc1. The monoisotopic (exact) mass is 269 g/mol. The Hall–Kier alpha value is -2.13. The molecule has 2 aromatic rings. The Morgan fingerprint density at radius 2 is 1.75 bits per heavy atom. The highest BCUT2D eigenvalue weighted by molar-refractivity contribution is 5.95. The van der Waals surface area contributed by atoms with Crippen molar-refractivity contribution in [2.45, 2.75) is 19.4 Å². The van der Waals surface area contributed by atoms with Crippen molar-refractivity contribution in [1.29, 1.82) is 0 Å². The Morgan fingerprint density at radius 3 is 2.45 bits per heavy atom. The molecule has 0 fully saturated rings. The zero-order chi connectivity index (χ0) is 14.4. The van der Waals surface area contributed by atoms with Gasteiger partial charge in [-0.3, -0.25) is 4.79 Å². The average Bonchev–Trinajstić information content (AvgIpc) is 2.48. The number of hydrogen-bond donors (Lipinski definition) is 2. The maximum atomic E-state index is 12.0. The molecule has 0 radical (unpaired) electrons. The predicted octanol–water partition coefficient (Wildman–Crippen LogP) is 2.85. The van der Waals surface area contributed by atoms with E-state index in [0.717, 1.165) is 11.1 Å². The minimum absolute atomic E-state index is 0.0941. The lowest BCUT2D eigenvalue weighted by atomic mass is 10.1. The Bertz CT molecular complexity index is 566. The number of hydrogen-bond acceptors (Lipinski definition) is 2. The summed E-state index contributed by atoms with van der Waals surface area (Å²) >= 11 is 0. The number of nitrogens with one attached hydrogen (secondary N) is 1. The lowest BCUT2D eigenvalue weighted by molar-refractivity contribution is 0.0942. The van der Waals surface area contributed by atoms with Crippen molar-refractivity contribution in [2.24, 2.45) is 0 Å². The number of rotatable bonds is 5. The normalized spacial score (nSPS) is 11.9. The van der Waals surface area contributed by atoms with Crippen molar-refractivity contribution in [1.82, 2.24) is 5.32 Å². The van der Waals surface area contributed by atoms with Crippen LogP contribution >= 0.6 is 0 Å². The van der Waals surface area contributed by atoms with Crippen LogP contribution in [0.1, 0.15) is 34.0 Å². The zero-order valence-corrected chi connectivity index (χ0v) is 11.5. The summed E-state index contributed by atoms with van der Waals surface area (Å²) in [6.45, 7) is 2.36. The molecule has 104 valence electrons. The van der Waals surface area contributed by atoms with Gasteiger partial charge < -0.3 is 10.4 Å². The first-order valence-electron chi connectivity index (χ1n) is 6.75. The van der Waals surface area contributed by atoms with Crippen LogP contribution < -0.4 is 5.32 Å². The van der Waals surface area contributed by atoms with Crippen molar-refractivity contribution < 1.29 is 9.90 Å². The maximum absolute atomic E-state index is 12.0. The molecule has 0 heterocycles. The van der Waals surface area contributed by atoms with Crippen LogP contribution in [0.4, 0.5) is 0 Å². The molecule has 0 saturated carbocycles. The van der Waals surface area contributed by atoms with E-state index in [-0.39, 0.29) is 5.91 Å². The smallest absolute Gasteiger partial charge is 0.251 e. The molecule has 0 aromatic heterocycles. The Kier molecular flexibility index (Phi) is 4.91. The van der Waals surface area contributed by atoms with E-state index >= 15 is 0 Å². The third-order valence-corrected chi connectivity index (χ3v) is 3.28. The largest absolute Gasteiger partial charge is 0.388 e. The van der Waals surface area contributed by atoms with E-state index in [9.17, 15) is 9.90 Å². The summed E-state index contributed by atoms with van der Waals surface area (Å²) in [7, 11) is 0. The molecule has 3 heteroatoms.